The standard InChI is InChI=1S/C23H16F2N4O3S/c24-23(25)31-19-6-4-15(12-20(19)32-23)3-5-17-14-33-22(27-17)28-21(30)18-2-1-11-29(18)13-16-7-9-26-10-8-16/h1-12,14H,13H2,(H,27,28,30). The van der Waals surface area contributed by atoms with E-state index in [1.54, 1.807) is 42.1 Å². The Kier molecular flexibility index (Phi) is 5.35. The number of ether oxygens (including phenoxy) is 2. The summed E-state index contributed by atoms with van der Waals surface area (Å²) >= 11 is 1.28. The quantitative estimate of drug-likeness (QED) is 0.426. The maximum absolute atomic E-state index is 13.2. The molecule has 4 aromatic rings. The number of nitrogens with zero attached hydrogens (tertiary/aromatic N) is 3. The second kappa shape index (κ2) is 8.47. The average molecular weight is 466 g/mol. The molecule has 0 unspecified atom stereocenters. The third-order valence-electron chi connectivity index (χ3n) is 4.78. The molecule has 166 valence electrons. The van der Waals surface area contributed by atoms with E-state index < -0.39 is 6.29 Å². The minimum Gasteiger partial charge on any atom is -0.395 e. The van der Waals surface area contributed by atoms with Gasteiger partial charge in [-0.3, -0.25) is 15.1 Å². The number of carbonyl (C=O) groups is 1. The highest BCUT2D eigenvalue weighted by atomic mass is 32.1. The van der Waals surface area contributed by atoms with E-state index in [9.17, 15) is 13.6 Å². The average Bonchev–Trinajstić information content (AvgIpc) is 3.50. The predicted octanol–water partition coefficient (Wildman–Crippen LogP) is 5.13. The molecule has 10 heteroatoms. The normalized spacial score (nSPS) is 14.0. The van der Waals surface area contributed by atoms with Gasteiger partial charge >= 0.3 is 6.29 Å². The lowest BCUT2D eigenvalue weighted by Crippen LogP contribution is -2.25. The van der Waals surface area contributed by atoms with Crippen molar-refractivity contribution in [3.8, 4) is 11.5 Å². The van der Waals surface area contributed by atoms with Crippen LogP contribution >= 0.6 is 11.3 Å². The molecule has 0 spiro atoms. The molecule has 0 atom stereocenters. The molecule has 1 N–H and O–H groups in total. The number of hydrogen-bond acceptors (Lipinski definition) is 6. The third kappa shape index (κ3) is 4.75. The molecular formula is C23H16F2N4O3S. The molecule has 0 fully saturated rings. The summed E-state index contributed by atoms with van der Waals surface area (Å²) in [6.07, 6.45) is 5.04. The lowest BCUT2D eigenvalue weighted by atomic mass is 10.2. The number of thiazole rings is 1. The Labute approximate surface area is 191 Å². The number of pyridine rings is 1. The van der Waals surface area contributed by atoms with E-state index >= 15 is 0 Å². The van der Waals surface area contributed by atoms with Crippen LogP contribution < -0.4 is 14.8 Å². The highest BCUT2D eigenvalue weighted by Crippen LogP contribution is 2.41. The summed E-state index contributed by atoms with van der Waals surface area (Å²) in [6.45, 7) is 0.547. The summed E-state index contributed by atoms with van der Waals surface area (Å²) in [5, 5.41) is 5.04. The minimum absolute atomic E-state index is 0.00973. The molecule has 0 radical (unpaired) electrons. The SMILES string of the molecule is O=C(Nc1nc(C=Cc2ccc3c(c2)OC(F)(F)O3)cs1)c1cccn1Cc1ccncc1. The summed E-state index contributed by atoms with van der Waals surface area (Å²) in [7, 11) is 0. The Bertz CT molecular complexity index is 1330. The van der Waals surface area contributed by atoms with Crippen molar-refractivity contribution in [3.05, 3.63) is 88.9 Å². The maximum atomic E-state index is 13.2. The van der Waals surface area contributed by atoms with E-state index in [-0.39, 0.29) is 17.4 Å². The Hall–Kier alpha value is -4.05. The van der Waals surface area contributed by atoms with Crippen LogP contribution in [0.2, 0.25) is 0 Å². The van der Waals surface area contributed by atoms with Crippen LogP contribution in [-0.2, 0) is 6.54 Å². The first-order valence-corrected chi connectivity index (χ1v) is 10.7. The maximum Gasteiger partial charge on any atom is 0.586 e. The first kappa shape index (κ1) is 20.8. The molecule has 1 aliphatic heterocycles. The Morgan fingerprint density at radius 3 is 2.79 bits per heavy atom. The van der Waals surface area contributed by atoms with Gasteiger partial charge in [0.15, 0.2) is 16.6 Å². The molecule has 4 heterocycles. The van der Waals surface area contributed by atoms with Gasteiger partial charge < -0.3 is 14.0 Å². The molecule has 0 saturated carbocycles. The number of fused-ring (bicyclic) bond motifs is 1. The van der Waals surface area contributed by atoms with Gasteiger partial charge in [-0.1, -0.05) is 12.1 Å². The van der Waals surface area contributed by atoms with Crippen molar-refractivity contribution in [2.24, 2.45) is 0 Å². The van der Waals surface area contributed by atoms with E-state index in [4.69, 9.17) is 0 Å². The summed E-state index contributed by atoms with van der Waals surface area (Å²) in [4.78, 5) is 21.1. The highest BCUT2D eigenvalue weighted by molar-refractivity contribution is 7.14. The van der Waals surface area contributed by atoms with E-state index in [1.807, 2.05) is 29.0 Å². The van der Waals surface area contributed by atoms with Gasteiger partial charge in [-0.05, 0) is 53.6 Å². The van der Waals surface area contributed by atoms with Crippen LogP contribution in [-0.4, -0.2) is 26.7 Å². The molecule has 0 saturated heterocycles. The minimum atomic E-state index is -3.65. The first-order valence-electron chi connectivity index (χ1n) is 9.84. The molecule has 0 bridgehead atoms. The lowest BCUT2D eigenvalue weighted by Gasteiger charge is -2.08. The number of hydrogen-bond donors (Lipinski definition) is 1. The van der Waals surface area contributed by atoms with Crippen molar-refractivity contribution in [2.45, 2.75) is 12.8 Å². The van der Waals surface area contributed by atoms with Crippen LogP contribution in [0.1, 0.15) is 27.3 Å². The molecule has 33 heavy (non-hydrogen) atoms. The number of carbonyl (C=O) groups excluding carboxylic acids is 1. The number of halogens is 2. The number of benzene rings is 1. The number of aromatic nitrogens is 3. The Morgan fingerprint density at radius 2 is 1.94 bits per heavy atom. The fraction of sp³-hybridized carbons (Fsp3) is 0.0870. The van der Waals surface area contributed by atoms with E-state index in [1.165, 1.54) is 23.5 Å². The van der Waals surface area contributed by atoms with Gasteiger partial charge in [0.05, 0.1) is 5.69 Å². The number of amides is 1. The van der Waals surface area contributed by atoms with Crippen molar-refractivity contribution in [1.82, 2.24) is 14.5 Å². The van der Waals surface area contributed by atoms with E-state index in [0.29, 0.717) is 28.6 Å². The summed E-state index contributed by atoms with van der Waals surface area (Å²) in [6, 6.07) is 11.9. The molecule has 5 rings (SSSR count). The van der Waals surface area contributed by atoms with E-state index in [0.717, 1.165) is 5.56 Å². The summed E-state index contributed by atoms with van der Waals surface area (Å²) in [5.41, 5.74) is 2.80. The van der Waals surface area contributed by atoms with Crippen LogP contribution in [0.15, 0.2) is 66.4 Å². The van der Waals surface area contributed by atoms with Crippen molar-refractivity contribution < 1.29 is 23.0 Å². The second-order valence-corrected chi connectivity index (χ2v) is 7.97. The Morgan fingerprint density at radius 1 is 1.12 bits per heavy atom. The van der Waals surface area contributed by atoms with Crippen LogP contribution in [0.3, 0.4) is 0 Å². The zero-order valence-corrected chi connectivity index (χ0v) is 17.8. The predicted molar refractivity (Wildman–Crippen MR) is 119 cm³/mol. The smallest absolute Gasteiger partial charge is 0.395 e. The monoisotopic (exact) mass is 466 g/mol. The van der Waals surface area contributed by atoms with Crippen LogP contribution in [0.25, 0.3) is 12.2 Å². The van der Waals surface area contributed by atoms with Gasteiger partial charge in [-0.15, -0.1) is 20.1 Å². The molecule has 1 aliphatic rings. The largest absolute Gasteiger partial charge is 0.586 e. The van der Waals surface area contributed by atoms with Gasteiger partial charge in [0.1, 0.15) is 5.69 Å². The fourth-order valence-electron chi connectivity index (χ4n) is 3.28. The van der Waals surface area contributed by atoms with Crippen molar-refractivity contribution in [2.75, 3.05) is 5.32 Å². The first-order chi connectivity index (χ1) is 15.9. The van der Waals surface area contributed by atoms with Crippen molar-refractivity contribution in [3.63, 3.8) is 0 Å². The van der Waals surface area contributed by atoms with Gasteiger partial charge in [0.25, 0.3) is 5.91 Å². The van der Waals surface area contributed by atoms with E-state index in [2.05, 4.69) is 24.8 Å². The number of rotatable bonds is 6. The second-order valence-electron chi connectivity index (χ2n) is 7.12. The zero-order valence-electron chi connectivity index (χ0n) is 16.9. The molecule has 0 aliphatic carbocycles. The van der Waals surface area contributed by atoms with Crippen molar-refractivity contribution >= 4 is 34.5 Å². The van der Waals surface area contributed by atoms with Crippen LogP contribution in [0.5, 0.6) is 11.5 Å². The number of nitrogens with one attached hydrogen (secondary N) is 1. The van der Waals surface area contributed by atoms with Crippen LogP contribution in [0, 0.1) is 0 Å². The van der Waals surface area contributed by atoms with Gasteiger partial charge in [-0.2, -0.15) is 0 Å². The molecule has 7 nitrogen and oxygen atoms in total. The molecule has 1 aromatic carbocycles. The third-order valence-corrected chi connectivity index (χ3v) is 5.55. The van der Waals surface area contributed by atoms with Crippen molar-refractivity contribution in [1.29, 1.82) is 0 Å². The number of alkyl halides is 2. The lowest BCUT2D eigenvalue weighted by molar-refractivity contribution is -0.286. The fourth-order valence-corrected chi connectivity index (χ4v) is 3.95. The molecule has 3 aromatic heterocycles. The zero-order chi connectivity index (χ0) is 22.8. The van der Waals surface area contributed by atoms with Crippen LogP contribution in [0.4, 0.5) is 13.9 Å². The summed E-state index contributed by atoms with van der Waals surface area (Å²) < 4.78 is 37.0. The van der Waals surface area contributed by atoms with Gasteiger partial charge in [0, 0.05) is 30.5 Å². The molecule has 1 amide bonds. The molecular weight excluding hydrogens is 450 g/mol. The highest BCUT2D eigenvalue weighted by Gasteiger charge is 2.43. The summed E-state index contributed by atoms with van der Waals surface area (Å²) in [5.74, 6) is -0.303. The topological polar surface area (TPSA) is 78.3 Å². The van der Waals surface area contributed by atoms with Gasteiger partial charge in [-0.25, -0.2) is 4.98 Å². The number of anilines is 1. The Balaban J connectivity index is 1.24. The van der Waals surface area contributed by atoms with Gasteiger partial charge in [0.2, 0.25) is 0 Å².